The molecule has 154 valence electrons. The maximum absolute atomic E-state index is 12.9. The van der Waals surface area contributed by atoms with Gasteiger partial charge in [0.15, 0.2) is 5.16 Å². The van der Waals surface area contributed by atoms with Crippen molar-refractivity contribution in [2.45, 2.75) is 41.7 Å². The molecular weight excluding hydrogens is 406 g/mol. The Morgan fingerprint density at radius 3 is 2.63 bits per heavy atom. The Labute approximate surface area is 176 Å². The number of nitrogens with one attached hydrogen (secondary N) is 1. The first-order valence-electron chi connectivity index (χ1n) is 9.45. The van der Waals surface area contributed by atoms with Crippen LogP contribution in [0.5, 0.6) is 0 Å². The highest BCUT2D eigenvalue weighted by molar-refractivity contribution is 7.99. The topological polar surface area (TPSA) is 129 Å². The van der Waals surface area contributed by atoms with Crippen molar-refractivity contribution in [1.29, 1.82) is 0 Å². The van der Waals surface area contributed by atoms with Gasteiger partial charge in [-0.3, -0.25) is 20.2 Å². The lowest BCUT2D eigenvalue weighted by Crippen LogP contribution is -2.16. The van der Waals surface area contributed by atoms with Crippen molar-refractivity contribution in [3.05, 3.63) is 58.2 Å². The standard InChI is InChI=1S/C19H19N7O3S/c1-25-11-22-24-19(25)30-16-7-6-14(26(28)29)8-15(16)17(27)23-18-20-9-13(10-21-18)12-4-2-3-5-12/h6-12H,2-5H2,1H3,(H,20,21,23,27). The zero-order chi connectivity index (χ0) is 21.1. The Balaban J connectivity index is 1.57. The fourth-order valence-corrected chi connectivity index (χ4v) is 4.28. The fourth-order valence-electron chi connectivity index (χ4n) is 3.40. The molecule has 1 N–H and O–H groups in total. The zero-order valence-electron chi connectivity index (χ0n) is 16.2. The molecule has 30 heavy (non-hydrogen) atoms. The number of nitrogens with zero attached hydrogens (tertiary/aromatic N) is 6. The van der Waals surface area contributed by atoms with Crippen LogP contribution in [0.25, 0.3) is 0 Å². The van der Waals surface area contributed by atoms with Gasteiger partial charge in [0.2, 0.25) is 5.95 Å². The molecule has 4 rings (SSSR count). The van der Waals surface area contributed by atoms with Crippen LogP contribution in [0.15, 0.2) is 47.0 Å². The van der Waals surface area contributed by atoms with E-state index in [1.807, 2.05) is 0 Å². The van der Waals surface area contributed by atoms with E-state index in [2.05, 4.69) is 25.5 Å². The van der Waals surface area contributed by atoms with Gasteiger partial charge >= 0.3 is 0 Å². The third-order valence-corrected chi connectivity index (χ3v) is 6.14. The van der Waals surface area contributed by atoms with Crippen LogP contribution in [0, 0.1) is 10.1 Å². The number of benzene rings is 1. The third kappa shape index (κ3) is 4.30. The summed E-state index contributed by atoms with van der Waals surface area (Å²) in [6.07, 6.45) is 9.69. The summed E-state index contributed by atoms with van der Waals surface area (Å²) in [5.41, 5.74) is 1.03. The van der Waals surface area contributed by atoms with E-state index >= 15 is 0 Å². The number of aryl methyl sites for hydroxylation is 1. The average molecular weight is 425 g/mol. The Hall–Kier alpha value is -3.34. The quantitative estimate of drug-likeness (QED) is 0.469. The van der Waals surface area contributed by atoms with Crippen molar-refractivity contribution in [2.75, 3.05) is 5.32 Å². The summed E-state index contributed by atoms with van der Waals surface area (Å²) in [4.78, 5) is 32.6. The van der Waals surface area contributed by atoms with Crippen molar-refractivity contribution in [3.8, 4) is 0 Å². The van der Waals surface area contributed by atoms with Gasteiger partial charge in [0.05, 0.1) is 10.5 Å². The summed E-state index contributed by atoms with van der Waals surface area (Å²) in [6.45, 7) is 0. The lowest BCUT2D eigenvalue weighted by atomic mass is 10.0. The number of carbonyl (C=O) groups excluding carboxylic acids is 1. The van der Waals surface area contributed by atoms with Crippen LogP contribution >= 0.6 is 11.8 Å². The number of hydrogen-bond acceptors (Lipinski definition) is 8. The van der Waals surface area contributed by atoms with E-state index in [1.165, 1.54) is 49.1 Å². The Kier molecular flexibility index (Phi) is 5.70. The SMILES string of the molecule is Cn1cnnc1Sc1ccc([N+](=O)[O-])cc1C(=O)Nc1ncc(C2CCCC2)cn1. The van der Waals surface area contributed by atoms with Gasteiger partial charge in [-0.05, 0) is 42.2 Å². The number of non-ortho nitro benzene ring substituents is 1. The van der Waals surface area contributed by atoms with Crippen LogP contribution in [0.2, 0.25) is 0 Å². The normalized spacial score (nSPS) is 14.0. The van der Waals surface area contributed by atoms with Crippen LogP contribution in [0.3, 0.4) is 0 Å². The summed E-state index contributed by atoms with van der Waals surface area (Å²) in [5.74, 6) is 0.0979. The maximum atomic E-state index is 12.9. The number of nitro groups is 1. The molecule has 3 aromatic rings. The smallest absolute Gasteiger partial charge is 0.270 e. The fraction of sp³-hybridized carbons (Fsp3) is 0.316. The number of rotatable bonds is 6. The van der Waals surface area contributed by atoms with E-state index in [4.69, 9.17) is 0 Å². The number of nitro benzene ring substituents is 1. The molecule has 1 fully saturated rings. The number of hydrogen-bond donors (Lipinski definition) is 1. The molecule has 1 aromatic carbocycles. The lowest BCUT2D eigenvalue weighted by molar-refractivity contribution is -0.384. The average Bonchev–Trinajstić information content (AvgIpc) is 3.41. The molecular formula is C19H19N7O3S. The van der Waals surface area contributed by atoms with Crippen LogP contribution in [-0.4, -0.2) is 35.6 Å². The first-order valence-corrected chi connectivity index (χ1v) is 10.3. The molecule has 2 aromatic heterocycles. The Morgan fingerprint density at radius 2 is 2.00 bits per heavy atom. The Bertz CT molecular complexity index is 1080. The predicted molar refractivity (Wildman–Crippen MR) is 109 cm³/mol. The summed E-state index contributed by atoms with van der Waals surface area (Å²) in [6, 6.07) is 4.11. The van der Waals surface area contributed by atoms with Gasteiger partial charge in [-0.15, -0.1) is 10.2 Å². The summed E-state index contributed by atoms with van der Waals surface area (Å²) in [7, 11) is 1.77. The van der Waals surface area contributed by atoms with E-state index in [1.54, 1.807) is 24.0 Å². The largest absolute Gasteiger partial charge is 0.311 e. The molecule has 0 saturated heterocycles. The first kappa shape index (κ1) is 20.0. The van der Waals surface area contributed by atoms with Crippen molar-refractivity contribution in [2.24, 2.45) is 7.05 Å². The molecule has 0 bridgehead atoms. The Morgan fingerprint density at radius 1 is 1.27 bits per heavy atom. The van der Waals surface area contributed by atoms with Crippen LogP contribution in [0.1, 0.15) is 47.5 Å². The molecule has 1 aliphatic rings. The molecule has 1 amide bonds. The molecule has 1 aliphatic carbocycles. The van der Waals surface area contributed by atoms with E-state index in [0.29, 0.717) is 16.0 Å². The molecule has 1 saturated carbocycles. The molecule has 0 spiro atoms. The lowest BCUT2D eigenvalue weighted by Gasteiger charge is -2.11. The second-order valence-electron chi connectivity index (χ2n) is 7.04. The predicted octanol–water partition coefficient (Wildman–Crippen LogP) is 3.57. The van der Waals surface area contributed by atoms with E-state index in [9.17, 15) is 14.9 Å². The van der Waals surface area contributed by atoms with Crippen molar-refractivity contribution in [3.63, 3.8) is 0 Å². The first-order chi connectivity index (χ1) is 14.5. The van der Waals surface area contributed by atoms with Gasteiger partial charge in [0.1, 0.15) is 6.33 Å². The molecule has 11 heteroatoms. The number of aromatic nitrogens is 5. The van der Waals surface area contributed by atoms with E-state index in [-0.39, 0.29) is 17.2 Å². The summed E-state index contributed by atoms with van der Waals surface area (Å²) < 4.78 is 1.69. The molecule has 0 unspecified atom stereocenters. The summed E-state index contributed by atoms with van der Waals surface area (Å²) >= 11 is 1.19. The van der Waals surface area contributed by atoms with Gasteiger partial charge in [0, 0.05) is 36.5 Å². The van der Waals surface area contributed by atoms with Gasteiger partial charge in [0.25, 0.3) is 11.6 Å². The van der Waals surface area contributed by atoms with Crippen molar-refractivity contribution < 1.29 is 9.72 Å². The van der Waals surface area contributed by atoms with Crippen LogP contribution < -0.4 is 5.32 Å². The van der Waals surface area contributed by atoms with Crippen LogP contribution in [0.4, 0.5) is 11.6 Å². The van der Waals surface area contributed by atoms with Gasteiger partial charge in [-0.1, -0.05) is 12.8 Å². The molecule has 0 radical (unpaired) electrons. The highest BCUT2D eigenvalue weighted by atomic mass is 32.2. The minimum Gasteiger partial charge on any atom is -0.311 e. The van der Waals surface area contributed by atoms with Gasteiger partial charge in [-0.2, -0.15) is 0 Å². The second-order valence-corrected chi connectivity index (χ2v) is 8.05. The second kappa shape index (κ2) is 8.57. The minimum absolute atomic E-state index is 0.140. The van der Waals surface area contributed by atoms with Gasteiger partial charge in [-0.25, -0.2) is 9.97 Å². The number of anilines is 1. The highest BCUT2D eigenvalue weighted by Crippen LogP contribution is 2.34. The van der Waals surface area contributed by atoms with Crippen molar-refractivity contribution in [1.82, 2.24) is 24.7 Å². The maximum Gasteiger partial charge on any atom is 0.270 e. The number of carbonyl (C=O) groups is 1. The van der Waals surface area contributed by atoms with Crippen LogP contribution in [-0.2, 0) is 7.05 Å². The minimum atomic E-state index is -0.541. The molecule has 10 nitrogen and oxygen atoms in total. The zero-order valence-corrected chi connectivity index (χ0v) is 17.0. The monoisotopic (exact) mass is 425 g/mol. The highest BCUT2D eigenvalue weighted by Gasteiger charge is 2.21. The molecule has 0 aliphatic heterocycles. The third-order valence-electron chi connectivity index (χ3n) is 5.01. The van der Waals surface area contributed by atoms with Crippen molar-refractivity contribution >= 4 is 29.3 Å². The molecule has 0 atom stereocenters. The van der Waals surface area contributed by atoms with E-state index in [0.717, 1.165) is 18.4 Å². The number of amides is 1. The van der Waals surface area contributed by atoms with Gasteiger partial charge < -0.3 is 4.57 Å². The summed E-state index contributed by atoms with van der Waals surface area (Å²) in [5, 5.41) is 22.2. The molecule has 2 heterocycles. The van der Waals surface area contributed by atoms with E-state index < -0.39 is 10.8 Å².